The highest BCUT2D eigenvalue weighted by Gasteiger charge is 2.22. The number of benzene rings is 2. The van der Waals surface area contributed by atoms with Crippen LogP contribution in [-0.4, -0.2) is 5.78 Å². The molecule has 0 N–H and O–H groups in total. The van der Waals surface area contributed by atoms with Gasteiger partial charge in [0.15, 0.2) is 5.78 Å². The van der Waals surface area contributed by atoms with Crippen LogP contribution >= 0.6 is 0 Å². The molecule has 19 heavy (non-hydrogen) atoms. The van der Waals surface area contributed by atoms with Crippen LogP contribution < -0.4 is 4.74 Å². The Hall–Kier alpha value is -2.09. The van der Waals surface area contributed by atoms with E-state index in [1.54, 1.807) is 0 Å². The Morgan fingerprint density at radius 1 is 1.05 bits per heavy atom. The Bertz CT molecular complexity index is 629. The van der Waals surface area contributed by atoms with Crippen molar-refractivity contribution < 1.29 is 9.53 Å². The van der Waals surface area contributed by atoms with Gasteiger partial charge in [-0.1, -0.05) is 36.4 Å². The monoisotopic (exact) mass is 252 g/mol. The normalized spacial score (nSPS) is 13.4. The largest absolute Gasteiger partial charge is 0.489 e. The van der Waals surface area contributed by atoms with E-state index < -0.39 is 0 Å². The molecule has 0 spiro atoms. The summed E-state index contributed by atoms with van der Waals surface area (Å²) >= 11 is 0. The van der Waals surface area contributed by atoms with Gasteiger partial charge in [-0.2, -0.15) is 0 Å². The number of rotatable bonds is 3. The first kappa shape index (κ1) is 12.0. The van der Waals surface area contributed by atoms with Gasteiger partial charge < -0.3 is 4.74 Å². The molecule has 0 aromatic heterocycles. The maximum atomic E-state index is 11.7. The Balaban J connectivity index is 1.82. The lowest BCUT2D eigenvalue weighted by molar-refractivity contribution is 0.0994. The lowest BCUT2D eigenvalue weighted by Crippen LogP contribution is -2.00. The number of ether oxygens (including phenoxy) is 1. The van der Waals surface area contributed by atoms with E-state index in [2.05, 4.69) is 19.1 Å². The number of Topliss-reactive ketones (excluding diaryl/α,β-unsaturated/α-hetero) is 1. The molecule has 0 saturated heterocycles. The molecule has 0 unspecified atom stereocenters. The maximum Gasteiger partial charge on any atom is 0.163 e. The van der Waals surface area contributed by atoms with Crippen LogP contribution in [0.5, 0.6) is 5.75 Å². The second-order valence-corrected chi connectivity index (χ2v) is 4.92. The molecule has 2 aromatic rings. The fourth-order valence-electron chi connectivity index (χ4n) is 2.52. The summed E-state index contributed by atoms with van der Waals surface area (Å²) in [7, 11) is 0. The minimum atomic E-state index is 0.233. The van der Waals surface area contributed by atoms with Gasteiger partial charge in [0.2, 0.25) is 0 Å². The summed E-state index contributed by atoms with van der Waals surface area (Å²) in [6.45, 7) is 2.63. The average Bonchev–Trinajstić information content (AvgIpc) is 2.81. The molecule has 0 radical (unpaired) electrons. The highest BCUT2D eigenvalue weighted by Crippen LogP contribution is 2.31. The number of aryl methyl sites for hydroxylation is 1. The Labute approximate surface area is 113 Å². The van der Waals surface area contributed by atoms with Gasteiger partial charge in [0.1, 0.15) is 12.4 Å². The molecular formula is C17H16O2. The molecule has 0 heterocycles. The Kier molecular flexibility index (Phi) is 3.08. The van der Waals surface area contributed by atoms with Gasteiger partial charge in [-0.05, 0) is 30.5 Å². The summed E-state index contributed by atoms with van der Waals surface area (Å²) in [6.07, 6.45) is 1.41. The third-order valence-electron chi connectivity index (χ3n) is 3.68. The molecular weight excluding hydrogens is 236 g/mol. The Morgan fingerprint density at radius 3 is 2.74 bits per heavy atom. The predicted molar refractivity (Wildman–Crippen MR) is 74.6 cm³/mol. The number of hydrogen-bond donors (Lipinski definition) is 0. The van der Waals surface area contributed by atoms with Crippen molar-refractivity contribution >= 4 is 5.78 Å². The first-order chi connectivity index (χ1) is 9.25. The van der Waals surface area contributed by atoms with Crippen molar-refractivity contribution in [1.82, 2.24) is 0 Å². The first-order valence-electron chi connectivity index (χ1n) is 6.58. The summed E-state index contributed by atoms with van der Waals surface area (Å²) < 4.78 is 5.91. The van der Waals surface area contributed by atoms with Crippen LogP contribution in [0.3, 0.4) is 0 Å². The molecule has 1 aliphatic carbocycles. The summed E-state index contributed by atoms with van der Waals surface area (Å²) in [5.41, 5.74) is 4.32. The molecule has 2 nitrogen and oxygen atoms in total. The minimum absolute atomic E-state index is 0.233. The van der Waals surface area contributed by atoms with Crippen molar-refractivity contribution in [3.63, 3.8) is 0 Å². The quantitative estimate of drug-likeness (QED) is 0.832. The van der Waals surface area contributed by atoms with Gasteiger partial charge in [-0.3, -0.25) is 4.79 Å². The highest BCUT2D eigenvalue weighted by molar-refractivity contribution is 6.01. The molecule has 96 valence electrons. The van der Waals surface area contributed by atoms with Crippen molar-refractivity contribution in [1.29, 1.82) is 0 Å². The van der Waals surface area contributed by atoms with Crippen molar-refractivity contribution in [3.8, 4) is 5.75 Å². The smallest absolute Gasteiger partial charge is 0.163 e. The number of fused-ring (bicyclic) bond motifs is 1. The predicted octanol–water partition coefficient (Wildman–Crippen LogP) is 3.70. The van der Waals surface area contributed by atoms with E-state index in [-0.39, 0.29) is 5.78 Å². The number of ketones is 1. The van der Waals surface area contributed by atoms with E-state index in [0.717, 1.165) is 23.3 Å². The van der Waals surface area contributed by atoms with Crippen molar-refractivity contribution in [2.75, 3.05) is 0 Å². The molecule has 0 amide bonds. The molecule has 1 aliphatic rings. The zero-order valence-corrected chi connectivity index (χ0v) is 11.0. The fraction of sp³-hybridized carbons (Fsp3) is 0.235. The molecule has 2 heteroatoms. The lowest BCUT2D eigenvalue weighted by atomic mass is 10.1. The number of carbonyl (C=O) groups is 1. The van der Waals surface area contributed by atoms with Gasteiger partial charge in [0.25, 0.3) is 0 Å². The van der Waals surface area contributed by atoms with Gasteiger partial charge in [-0.15, -0.1) is 0 Å². The van der Waals surface area contributed by atoms with E-state index in [1.807, 2.05) is 30.3 Å². The van der Waals surface area contributed by atoms with E-state index in [0.29, 0.717) is 13.0 Å². The van der Waals surface area contributed by atoms with E-state index in [4.69, 9.17) is 4.74 Å². The zero-order valence-electron chi connectivity index (χ0n) is 11.0. The second kappa shape index (κ2) is 4.88. The second-order valence-electron chi connectivity index (χ2n) is 4.92. The summed E-state index contributed by atoms with van der Waals surface area (Å²) in [4.78, 5) is 11.7. The third-order valence-corrected chi connectivity index (χ3v) is 3.68. The van der Waals surface area contributed by atoms with Crippen LogP contribution in [0.4, 0.5) is 0 Å². The van der Waals surface area contributed by atoms with Crippen LogP contribution in [0, 0.1) is 6.92 Å². The van der Waals surface area contributed by atoms with Gasteiger partial charge in [0.05, 0.1) is 0 Å². The van der Waals surface area contributed by atoms with Crippen LogP contribution in [0.15, 0.2) is 42.5 Å². The number of carbonyl (C=O) groups excluding carboxylic acids is 1. The van der Waals surface area contributed by atoms with Crippen LogP contribution in [0.1, 0.15) is 33.5 Å². The Morgan fingerprint density at radius 2 is 1.89 bits per heavy atom. The molecule has 0 atom stereocenters. The van der Waals surface area contributed by atoms with Crippen LogP contribution in [0.25, 0.3) is 0 Å². The maximum absolute atomic E-state index is 11.7. The summed E-state index contributed by atoms with van der Waals surface area (Å²) in [5, 5.41) is 0. The van der Waals surface area contributed by atoms with Crippen LogP contribution in [0.2, 0.25) is 0 Å². The topological polar surface area (TPSA) is 26.3 Å². The molecule has 3 rings (SSSR count). The fourth-order valence-corrected chi connectivity index (χ4v) is 2.52. The van der Waals surface area contributed by atoms with Crippen molar-refractivity contribution in [3.05, 3.63) is 64.7 Å². The number of hydrogen-bond acceptors (Lipinski definition) is 2. The van der Waals surface area contributed by atoms with Crippen LogP contribution in [-0.2, 0) is 13.0 Å². The average molecular weight is 252 g/mol. The first-order valence-corrected chi connectivity index (χ1v) is 6.58. The standard InChI is InChI=1S/C17H16O2/c1-12-5-2-3-6-13(12)11-19-17-8-4-7-14-15(17)9-10-16(14)18/h2-8H,9-11H2,1H3. The van der Waals surface area contributed by atoms with E-state index >= 15 is 0 Å². The lowest BCUT2D eigenvalue weighted by Gasteiger charge is -2.11. The molecule has 0 saturated carbocycles. The molecule has 0 bridgehead atoms. The minimum Gasteiger partial charge on any atom is -0.489 e. The molecule has 2 aromatic carbocycles. The van der Waals surface area contributed by atoms with Gasteiger partial charge >= 0.3 is 0 Å². The van der Waals surface area contributed by atoms with Crippen molar-refractivity contribution in [2.45, 2.75) is 26.4 Å². The van der Waals surface area contributed by atoms with Gasteiger partial charge in [0, 0.05) is 17.5 Å². The molecule has 0 fully saturated rings. The third kappa shape index (κ3) is 2.26. The van der Waals surface area contributed by atoms with E-state index in [9.17, 15) is 4.79 Å². The SMILES string of the molecule is Cc1ccccc1COc1cccc2c1CCC2=O. The van der Waals surface area contributed by atoms with Gasteiger partial charge in [-0.25, -0.2) is 0 Å². The molecule has 0 aliphatic heterocycles. The zero-order chi connectivity index (χ0) is 13.2. The van der Waals surface area contributed by atoms with Crippen molar-refractivity contribution in [2.24, 2.45) is 0 Å². The highest BCUT2D eigenvalue weighted by atomic mass is 16.5. The van der Waals surface area contributed by atoms with E-state index in [1.165, 1.54) is 11.1 Å². The summed E-state index contributed by atoms with van der Waals surface area (Å²) in [6, 6.07) is 13.9. The summed E-state index contributed by atoms with van der Waals surface area (Å²) in [5.74, 6) is 1.09.